The zero-order valence-corrected chi connectivity index (χ0v) is 16.6. The molecule has 1 aliphatic rings. The lowest BCUT2D eigenvalue weighted by Gasteiger charge is -2.21. The van der Waals surface area contributed by atoms with Crippen LogP contribution in [0.2, 0.25) is 0 Å². The van der Waals surface area contributed by atoms with Gasteiger partial charge in [-0.3, -0.25) is 4.79 Å². The fourth-order valence-corrected chi connectivity index (χ4v) is 3.35. The van der Waals surface area contributed by atoms with Gasteiger partial charge in [0.15, 0.2) is 6.61 Å². The summed E-state index contributed by atoms with van der Waals surface area (Å²) in [5.41, 5.74) is 4.74. The Balaban J connectivity index is 1.64. The van der Waals surface area contributed by atoms with E-state index in [9.17, 15) is 9.18 Å². The minimum absolute atomic E-state index is 0.143. The number of hydrazone groups is 1. The maximum Gasteiger partial charge on any atom is 0.277 e. The molecule has 1 amide bonds. The number of rotatable bonds is 6. The van der Waals surface area contributed by atoms with Gasteiger partial charge in [-0.2, -0.15) is 5.10 Å². The van der Waals surface area contributed by atoms with Crippen molar-refractivity contribution >= 4 is 33.2 Å². The number of ether oxygens (including phenoxy) is 1. The standard InChI is InChI=1S/C20H21BrFN3O2/c1-14(18-8-7-16(22)12-19(18)25-9-2-3-10-25)23-24-20(26)13-27-17-6-4-5-15(21)11-17/h4-8,11-12H,2-3,9-10,13H2,1H3,(H,24,26)/b23-14-. The van der Waals surface area contributed by atoms with Gasteiger partial charge >= 0.3 is 0 Å². The number of carbonyl (C=O) groups excluding carboxylic acids is 1. The molecule has 0 aliphatic carbocycles. The molecule has 27 heavy (non-hydrogen) atoms. The Labute approximate surface area is 166 Å². The van der Waals surface area contributed by atoms with Gasteiger partial charge in [-0.05, 0) is 56.2 Å². The summed E-state index contributed by atoms with van der Waals surface area (Å²) in [5, 5.41) is 4.16. The van der Waals surface area contributed by atoms with Crippen molar-refractivity contribution in [3.63, 3.8) is 0 Å². The molecular formula is C20H21BrFN3O2. The molecule has 3 rings (SSSR count). The highest BCUT2D eigenvalue weighted by Crippen LogP contribution is 2.26. The highest BCUT2D eigenvalue weighted by atomic mass is 79.9. The molecule has 0 bridgehead atoms. The first-order valence-electron chi connectivity index (χ1n) is 8.79. The number of hydrogen-bond donors (Lipinski definition) is 1. The van der Waals surface area contributed by atoms with Gasteiger partial charge < -0.3 is 9.64 Å². The van der Waals surface area contributed by atoms with Gasteiger partial charge in [0.05, 0.1) is 5.71 Å². The minimum atomic E-state index is -0.362. The van der Waals surface area contributed by atoms with E-state index in [0.717, 1.165) is 41.7 Å². The van der Waals surface area contributed by atoms with Crippen LogP contribution in [0.4, 0.5) is 10.1 Å². The van der Waals surface area contributed by atoms with E-state index in [-0.39, 0.29) is 18.3 Å². The van der Waals surface area contributed by atoms with Crippen molar-refractivity contribution in [2.45, 2.75) is 19.8 Å². The van der Waals surface area contributed by atoms with Gasteiger partial charge in [0.25, 0.3) is 5.91 Å². The van der Waals surface area contributed by atoms with Crippen LogP contribution in [0.1, 0.15) is 25.3 Å². The Morgan fingerprint density at radius 2 is 2.04 bits per heavy atom. The van der Waals surface area contributed by atoms with Crippen molar-refractivity contribution < 1.29 is 13.9 Å². The van der Waals surface area contributed by atoms with E-state index in [1.54, 1.807) is 25.1 Å². The minimum Gasteiger partial charge on any atom is -0.484 e. The number of nitrogens with one attached hydrogen (secondary N) is 1. The van der Waals surface area contributed by atoms with E-state index in [0.29, 0.717) is 11.5 Å². The largest absolute Gasteiger partial charge is 0.484 e. The molecule has 0 unspecified atom stereocenters. The number of hydrogen-bond acceptors (Lipinski definition) is 4. The summed E-state index contributed by atoms with van der Waals surface area (Å²) < 4.78 is 20.0. The second-order valence-electron chi connectivity index (χ2n) is 6.33. The lowest BCUT2D eigenvalue weighted by atomic mass is 10.1. The van der Waals surface area contributed by atoms with Crippen LogP contribution in [0.15, 0.2) is 52.0 Å². The van der Waals surface area contributed by atoms with E-state index < -0.39 is 0 Å². The molecule has 0 atom stereocenters. The second kappa shape index (κ2) is 8.99. The third-order valence-corrected chi connectivity index (χ3v) is 4.80. The molecule has 1 saturated heterocycles. The third-order valence-electron chi connectivity index (χ3n) is 4.31. The normalized spacial score (nSPS) is 14.3. The van der Waals surface area contributed by atoms with Crippen LogP contribution in [0.25, 0.3) is 0 Å². The summed E-state index contributed by atoms with van der Waals surface area (Å²) in [6.07, 6.45) is 2.19. The predicted octanol–water partition coefficient (Wildman–Crippen LogP) is 4.11. The Kier molecular flexibility index (Phi) is 6.45. The summed E-state index contributed by atoms with van der Waals surface area (Å²) >= 11 is 3.35. The van der Waals surface area contributed by atoms with Gasteiger partial charge in [-0.25, -0.2) is 9.82 Å². The van der Waals surface area contributed by atoms with Gasteiger partial charge in [0.1, 0.15) is 11.6 Å². The van der Waals surface area contributed by atoms with E-state index in [1.165, 1.54) is 12.1 Å². The molecule has 5 nitrogen and oxygen atoms in total. The van der Waals surface area contributed by atoms with Crippen LogP contribution in [0.5, 0.6) is 5.75 Å². The van der Waals surface area contributed by atoms with E-state index in [2.05, 4.69) is 31.4 Å². The van der Waals surface area contributed by atoms with E-state index >= 15 is 0 Å². The number of amides is 1. The van der Waals surface area contributed by atoms with Crippen molar-refractivity contribution in [1.29, 1.82) is 0 Å². The molecule has 7 heteroatoms. The molecule has 2 aromatic rings. The van der Waals surface area contributed by atoms with E-state index in [1.807, 2.05) is 12.1 Å². The number of nitrogens with zero attached hydrogens (tertiary/aromatic N) is 2. The quantitative estimate of drug-likeness (QED) is 0.550. The molecule has 0 radical (unpaired) electrons. The molecule has 1 fully saturated rings. The van der Waals surface area contributed by atoms with Gasteiger partial charge in [-0.15, -0.1) is 0 Å². The smallest absolute Gasteiger partial charge is 0.277 e. The molecular weight excluding hydrogens is 413 g/mol. The lowest BCUT2D eigenvalue weighted by molar-refractivity contribution is -0.123. The van der Waals surface area contributed by atoms with Crippen molar-refractivity contribution in [2.75, 3.05) is 24.6 Å². The van der Waals surface area contributed by atoms with Crippen LogP contribution in [0, 0.1) is 5.82 Å². The summed E-state index contributed by atoms with van der Waals surface area (Å²) in [7, 11) is 0. The molecule has 142 valence electrons. The molecule has 0 saturated carbocycles. The van der Waals surface area contributed by atoms with Crippen LogP contribution in [-0.2, 0) is 4.79 Å². The first-order chi connectivity index (χ1) is 13.0. The zero-order valence-electron chi connectivity index (χ0n) is 15.0. The van der Waals surface area contributed by atoms with Crippen LogP contribution < -0.4 is 15.1 Å². The highest BCUT2D eigenvalue weighted by Gasteiger charge is 2.18. The molecule has 2 aromatic carbocycles. The lowest BCUT2D eigenvalue weighted by Crippen LogP contribution is -2.26. The Bertz CT molecular complexity index is 851. The number of benzene rings is 2. The van der Waals surface area contributed by atoms with Crippen LogP contribution in [0.3, 0.4) is 0 Å². The molecule has 1 aliphatic heterocycles. The zero-order chi connectivity index (χ0) is 19.2. The Morgan fingerprint density at radius 3 is 2.78 bits per heavy atom. The first kappa shape index (κ1) is 19.4. The number of carbonyl (C=O) groups is 1. The summed E-state index contributed by atoms with van der Waals surface area (Å²) in [6.45, 7) is 3.45. The van der Waals surface area contributed by atoms with Crippen molar-refractivity contribution in [3.05, 3.63) is 58.3 Å². The maximum atomic E-state index is 13.7. The van der Waals surface area contributed by atoms with Crippen LogP contribution >= 0.6 is 15.9 Å². The average Bonchev–Trinajstić information content (AvgIpc) is 3.19. The van der Waals surface area contributed by atoms with Crippen molar-refractivity contribution in [1.82, 2.24) is 5.43 Å². The first-order valence-corrected chi connectivity index (χ1v) is 9.58. The topological polar surface area (TPSA) is 53.9 Å². The van der Waals surface area contributed by atoms with Gasteiger partial charge in [0.2, 0.25) is 0 Å². The Hall–Kier alpha value is -2.41. The molecule has 1 N–H and O–H groups in total. The molecule has 1 heterocycles. The SMILES string of the molecule is C/C(=N/NC(=O)COc1cccc(Br)c1)c1ccc(F)cc1N1CCCC1. The predicted molar refractivity (Wildman–Crippen MR) is 108 cm³/mol. The highest BCUT2D eigenvalue weighted by molar-refractivity contribution is 9.10. The van der Waals surface area contributed by atoms with Crippen molar-refractivity contribution in [2.24, 2.45) is 5.10 Å². The van der Waals surface area contributed by atoms with Gasteiger partial charge in [-0.1, -0.05) is 22.0 Å². The third kappa shape index (κ3) is 5.29. The Morgan fingerprint density at radius 1 is 1.26 bits per heavy atom. The fourth-order valence-electron chi connectivity index (χ4n) is 2.97. The summed E-state index contributed by atoms with van der Waals surface area (Å²) in [4.78, 5) is 14.2. The number of halogens is 2. The number of anilines is 1. The van der Waals surface area contributed by atoms with Gasteiger partial charge in [0, 0.05) is 28.8 Å². The van der Waals surface area contributed by atoms with Crippen molar-refractivity contribution in [3.8, 4) is 5.75 Å². The summed E-state index contributed by atoms with van der Waals surface area (Å²) in [5.74, 6) is -0.0471. The second-order valence-corrected chi connectivity index (χ2v) is 7.25. The fraction of sp³-hybridized carbons (Fsp3) is 0.300. The van der Waals surface area contributed by atoms with E-state index in [4.69, 9.17) is 4.74 Å². The monoisotopic (exact) mass is 433 g/mol. The van der Waals surface area contributed by atoms with Crippen LogP contribution in [-0.4, -0.2) is 31.3 Å². The average molecular weight is 434 g/mol. The summed E-state index contributed by atoms with van der Waals surface area (Å²) in [6, 6.07) is 11.9. The maximum absolute atomic E-state index is 13.7. The molecule has 0 spiro atoms. The molecule has 0 aromatic heterocycles.